The Morgan fingerprint density at radius 2 is 2.28 bits per heavy atom. The summed E-state index contributed by atoms with van der Waals surface area (Å²) in [5, 5.41) is 3.68. The number of hydrogen-bond donors (Lipinski definition) is 1. The van der Waals surface area contributed by atoms with E-state index in [-0.39, 0.29) is 5.54 Å². The van der Waals surface area contributed by atoms with Gasteiger partial charge in [-0.25, -0.2) is 0 Å². The lowest BCUT2D eigenvalue weighted by Gasteiger charge is -2.33. The highest BCUT2D eigenvalue weighted by atomic mass is 16.5. The molecule has 1 N–H and O–H groups in total. The molecule has 2 rings (SSSR count). The van der Waals surface area contributed by atoms with Crippen molar-refractivity contribution < 1.29 is 4.74 Å². The second-order valence-electron chi connectivity index (χ2n) is 5.31. The number of hydrogen-bond acceptors (Lipinski definition) is 3. The minimum atomic E-state index is 0.0123. The molecule has 0 aliphatic carbocycles. The summed E-state index contributed by atoms with van der Waals surface area (Å²) in [6.45, 7) is 8.27. The number of likely N-dealkylation sites (N-methyl/N-ethyl adjacent to an activating group) is 1. The van der Waals surface area contributed by atoms with Crippen molar-refractivity contribution in [3.63, 3.8) is 0 Å². The Morgan fingerprint density at radius 3 is 3.06 bits per heavy atom. The van der Waals surface area contributed by atoms with Gasteiger partial charge < -0.3 is 15.0 Å². The van der Waals surface area contributed by atoms with Crippen molar-refractivity contribution in [2.75, 3.05) is 33.3 Å². The first kappa shape index (κ1) is 13.4. The number of nitrogens with zero attached hydrogens (tertiary/aromatic N) is 1. The third-order valence-electron chi connectivity index (χ3n) is 3.60. The van der Waals surface area contributed by atoms with Crippen LogP contribution in [0, 0.1) is 0 Å². The topological polar surface area (TPSA) is 24.5 Å². The van der Waals surface area contributed by atoms with Gasteiger partial charge in [0.2, 0.25) is 0 Å². The van der Waals surface area contributed by atoms with Crippen LogP contribution in [0.2, 0.25) is 0 Å². The SMILES string of the molecule is CCOc1cccc(C2(C)CN(C)CCCN2)c1. The van der Waals surface area contributed by atoms with Crippen LogP contribution in [0.4, 0.5) is 0 Å². The van der Waals surface area contributed by atoms with Crippen LogP contribution in [0.15, 0.2) is 24.3 Å². The molecule has 1 aliphatic heterocycles. The molecule has 1 fully saturated rings. The van der Waals surface area contributed by atoms with Gasteiger partial charge in [0.05, 0.1) is 12.1 Å². The summed E-state index contributed by atoms with van der Waals surface area (Å²) >= 11 is 0. The molecule has 0 aromatic heterocycles. The van der Waals surface area contributed by atoms with E-state index in [0.29, 0.717) is 6.61 Å². The van der Waals surface area contributed by atoms with Gasteiger partial charge in [-0.2, -0.15) is 0 Å². The van der Waals surface area contributed by atoms with Gasteiger partial charge in [-0.3, -0.25) is 0 Å². The fourth-order valence-electron chi connectivity index (χ4n) is 2.68. The first-order valence-corrected chi connectivity index (χ1v) is 6.81. The molecule has 100 valence electrons. The van der Waals surface area contributed by atoms with Gasteiger partial charge >= 0.3 is 0 Å². The molecule has 1 unspecified atom stereocenters. The molecule has 18 heavy (non-hydrogen) atoms. The maximum atomic E-state index is 5.60. The van der Waals surface area contributed by atoms with Crippen molar-refractivity contribution in [3.8, 4) is 5.75 Å². The molecule has 0 amide bonds. The van der Waals surface area contributed by atoms with Crippen molar-refractivity contribution in [3.05, 3.63) is 29.8 Å². The molecule has 0 saturated carbocycles. The minimum Gasteiger partial charge on any atom is -0.494 e. The average molecular weight is 248 g/mol. The molecule has 3 nitrogen and oxygen atoms in total. The Kier molecular flexibility index (Phi) is 4.25. The maximum Gasteiger partial charge on any atom is 0.119 e. The lowest BCUT2D eigenvalue weighted by Crippen LogP contribution is -2.45. The smallest absolute Gasteiger partial charge is 0.119 e. The van der Waals surface area contributed by atoms with Crippen molar-refractivity contribution >= 4 is 0 Å². The summed E-state index contributed by atoms with van der Waals surface area (Å²) in [4.78, 5) is 2.40. The lowest BCUT2D eigenvalue weighted by atomic mass is 9.91. The van der Waals surface area contributed by atoms with Crippen molar-refractivity contribution in [2.24, 2.45) is 0 Å². The van der Waals surface area contributed by atoms with Gasteiger partial charge in [-0.15, -0.1) is 0 Å². The van der Waals surface area contributed by atoms with Gasteiger partial charge in [0.15, 0.2) is 0 Å². The van der Waals surface area contributed by atoms with Crippen LogP contribution in [0.5, 0.6) is 5.75 Å². The summed E-state index contributed by atoms with van der Waals surface area (Å²) in [6, 6.07) is 8.46. The molecule has 3 heteroatoms. The van der Waals surface area contributed by atoms with Gasteiger partial charge in [0.1, 0.15) is 5.75 Å². The van der Waals surface area contributed by atoms with Crippen molar-refractivity contribution in [2.45, 2.75) is 25.8 Å². The quantitative estimate of drug-likeness (QED) is 0.887. The van der Waals surface area contributed by atoms with Crippen molar-refractivity contribution in [1.82, 2.24) is 10.2 Å². The Morgan fingerprint density at radius 1 is 1.44 bits per heavy atom. The van der Waals surface area contributed by atoms with E-state index in [2.05, 4.69) is 42.4 Å². The van der Waals surface area contributed by atoms with E-state index in [1.54, 1.807) is 0 Å². The lowest BCUT2D eigenvalue weighted by molar-refractivity contribution is 0.258. The van der Waals surface area contributed by atoms with E-state index in [1.165, 1.54) is 12.0 Å². The zero-order valence-electron chi connectivity index (χ0n) is 11.7. The number of ether oxygens (including phenoxy) is 1. The number of rotatable bonds is 3. The molecule has 0 radical (unpaired) electrons. The van der Waals surface area contributed by atoms with Gasteiger partial charge in [0.25, 0.3) is 0 Å². The Hall–Kier alpha value is -1.06. The normalized spacial score (nSPS) is 25.7. The predicted octanol–water partition coefficient (Wildman–Crippen LogP) is 2.23. The zero-order chi connectivity index (χ0) is 13.0. The summed E-state index contributed by atoms with van der Waals surface area (Å²) in [5.41, 5.74) is 1.32. The van der Waals surface area contributed by atoms with Crippen LogP contribution in [-0.2, 0) is 5.54 Å². The summed E-state index contributed by atoms with van der Waals surface area (Å²) in [6.07, 6.45) is 1.21. The van der Waals surface area contributed by atoms with Crippen LogP contribution in [0.25, 0.3) is 0 Å². The molecule has 1 heterocycles. The highest BCUT2D eigenvalue weighted by Gasteiger charge is 2.29. The van der Waals surface area contributed by atoms with Crippen LogP contribution in [0.1, 0.15) is 25.8 Å². The van der Waals surface area contributed by atoms with E-state index in [0.717, 1.165) is 25.4 Å². The third kappa shape index (κ3) is 3.03. The highest BCUT2D eigenvalue weighted by Crippen LogP contribution is 2.26. The molecular weight excluding hydrogens is 224 g/mol. The number of nitrogens with one attached hydrogen (secondary N) is 1. The van der Waals surface area contributed by atoms with Gasteiger partial charge in [0, 0.05) is 6.54 Å². The summed E-state index contributed by atoms with van der Waals surface area (Å²) < 4.78 is 5.60. The van der Waals surface area contributed by atoms with E-state index >= 15 is 0 Å². The van der Waals surface area contributed by atoms with Crippen LogP contribution >= 0.6 is 0 Å². The van der Waals surface area contributed by atoms with Gasteiger partial charge in [-0.1, -0.05) is 12.1 Å². The van der Waals surface area contributed by atoms with Crippen LogP contribution < -0.4 is 10.1 Å². The molecule has 0 spiro atoms. The molecule has 1 aromatic rings. The molecule has 1 atom stereocenters. The van der Waals surface area contributed by atoms with E-state index in [4.69, 9.17) is 4.74 Å². The largest absolute Gasteiger partial charge is 0.494 e. The van der Waals surface area contributed by atoms with E-state index < -0.39 is 0 Å². The second kappa shape index (κ2) is 5.72. The summed E-state index contributed by atoms with van der Waals surface area (Å²) in [7, 11) is 2.19. The maximum absolute atomic E-state index is 5.60. The second-order valence-corrected chi connectivity index (χ2v) is 5.31. The molecule has 1 aliphatic rings. The molecule has 1 aromatic carbocycles. The van der Waals surface area contributed by atoms with E-state index in [9.17, 15) is 0 Å². The van der Waals surface area contributed by atoms with E-state index in [1.807, 2.05) is 13.0 Å². The Labute approximate surface area is 110 Å². The molecule has 0 bridgehead atoms. The summed E-state index contributed by atoms with van der Waals surface area (Å²) in [5.74, 6) is 0.963. The zero-order valence-corrected chi connectivity index (χ0v) is 11.7. The third-order valence-corrected chi connectivity index (χ3v) is 3.60. The fraction of sp³-hybridized carbons (Fsp3) is 0.600. The Bertz CT molecular complexity index is 394. The monoisotopic (exact) mass is 248 g/mol. The van der Waals surface area contributed by atoms with Crippen LogP contribution in [0.3, 0.4) is 0 Å². The highest BCUT2D eigenvalue weighted by molar-refractivity contribution is 5.33. The Balaban J connectivity index is 2.24. The predicted molar refractivity (Wildman–Crippen MR) is 75.1 cm³/mol. The fourth-order valence-corrected chi connectivity index (χ4v) is 2.68. The van der Waals surface area contributed by atoms with Gasteiger partial charge in [-0.05, 0) is 58.1 Å². The molecular formula is C15H24N2O. The average Bonchev–Trinajstić information content (AvgIpc) is 2.52. The number of benzene rings is 1. The van der Waals surface area contributed by atoms with Crippen molar-refractivity contribution in [1.29, 1.82) is 0 Å². The standard InChI is InChI=1S/C15H24N2O/c1-4-18-14-8-5-7-13(11-14)15(2)12-17(3)10-6-9-16-15/h5,7-8,11,16H,4,6,9-10,12H2,1-3H3. The first-order valence-electron chi connectivity index (χ1n) is 6.81. The first-order chi connectivity index (χ1) is 8.64. The molecule has 1 saturated heterocycles. The van der Waals surface area contributed by atoms with Crippen LogP contribution in [-0.4, -0.2) is 38.2 Å². The minimum absolute atomic E-state index is 0.0123.